The molecule has 3 nitrogen and oxygen atoms in total. The minimum Gasteiger partial charge on any atom is -0.351 e. The van der Waals surface area contributed by atoms with Crippen LogP contribution in [0.2, 0.25) is 0 Å². The average Bonchev–Trinajstić information content (AvgIpc) is 2.97. The summed E-state index contributed by atoms with van der Waals surface area (Å²) < 4.78 is 15.4. The van der Waals surface area contributed by atoms with Gasteiger partial charge in [-0.05, 0) is 42.5 Å². The van der Waals surface area contributed by atoms with Gasteiger partial charge in [0.25, 0.3) is 5.91 Å². The van der Waals surface area contributed by atoms with E-state index in [1.54, 1.807) is 12.1 Å². The standard InChI is InChI=1S/C15H11FN2OS2/c1-17-8-2-3-12(17)9-13-14(19)18(15(20)21-13)11-6-4-10(16)5-7-11/h2-9H,1H3/b13-9+. The van der Waals surface area contributed by atoms with E-state index < -0.39 is 0 Å². The molecule has 2 aromatic rings. The van der Waals surface area contributed by atoms with Crippen LogP contribution < -0.4 is 4.90 Å². The van der Waals surface area contributed by atoms with E-state index in [0.29, 0.717) is 14.9 Å². The summed E-state index contributed by atoms with van der Waals surface area (Å²) in [6, 6.07) is 9.55. The van der Waals surface area contributed by atoms with Gasteiger partial charge in [-0.3, -0.25) is 9.69 Å². The molecule has 0 spiro atoms. The molecule has 6 heteroatoms. The zero-order valence-electron chi connectivity index (χ0n) is 11.1. The lowest BCUT2D eigenvalue weighted by molar-refractivity contribution is -0.113. The number of benzene rings is 1. The largest absolute Gasteiger partial charge is 0.351 e. The molecule has 3 rings (SSSR count). The molecule has 0 atom stereocenters. The Morgan fingerprint density at radius 2 is 1.95 bits per heavy atom. The van der Waals surface area contributed by atoms with Gasteiger partial charge in [-0.25, -0.2) is 4.39 Å². The van der Waals surface area contributed by atoms with Gasteiger partial charge in [0.1, 0.15) is 5.82 Å². The van der Waals surface area contributed by atoms with Gasteiger partial charge in [0.05, 0.1) is 10.6 Å². The monoisotopic (exact) mass is 318 g/mol. The van der Waals surface area contributed by atoms with Crippen LogP contribution >= 0.6 is 24.0 Å². The van der Waals surface area contributed by atoms with Crippen molar-refractivity contribution >= 4 is 46.0 Å². The van der Waals surface area contributed by atoms with Gasteiger partial charge in [-0.1, -0.05) is 24.0 Å². The predicted molar refractivity (Wildman–Crippen MR) is 87.5 cm³/mol. The first-order valence-electron chi connectivity index (χ1n) is 6.21. The lowest BCUT2D eigenvalue weighted by Gasteiger charge is -2.14. The molecule has 1 amide bonds. The van der Waals surface area contributed by atoms with Gasteiger partial charge >= 0.3 is 0 Å². The van der Waals surface area contributed by atoms with Crippen LogP contribution in [-0.4, -0.2) is 14.8 Å². The fraction of sp³-hybridized carbons (Fsp3) is 0.0667. The average molecular weight is 318 g/mol. The number of nitrogens with zero attached hydrogens (tertiary/aromatic N) is 2. The van der Waals surface area contributed by atoms with Gasteiger partial charge in [-0.2, -0.15) is 0 Å². The molecule has 2 heterocycles. The molecule has 0 aliphatic carbocycles. The SMILES string of the molecule is Cn1cccc1/C=C1/SC(=S)N(c2ccc(F)cc2)C1=O. The second kappa shape index (κ2) is 5.46. The second-order valence-corrected chi connectivity index (χ2v) is 6.21. The third-order valence-corrected chi connectivity index (χ3v) is 4.44. The zero-order valence-corrected chi connectivity index (χ0v) is 12.7. The van der Waals surface area contributed by atoms with Gasteiger partial charge in [0, 0.05) is 18.9 Å². The zero-order chi connectivity index (χ0) is 15.0. The van der Waals surface area contributed by atoms with Crippen LogP contribution in [0, 0.1) is 5.82 Å². The van der Waals surface area contributed by atoms with Crippen LogP contribution in [0.5, 0.6) is 0 Å². The Morgan fingerprint density at radius 1 is 1.24 bits per heavy atom. The second-order valence-electron chi connectivity index (χ2n) is 4.54. The van der Waals surface area contributed by atoms with E-state index in [-0.39, 0.29) is 11.7 Å². The number of thioether (sulfide) groups is 1. The Balaban J connectivity index is 1.94. The quantitative estimate of drug-likeness (QED) is 0.625. The third kappa shape index (κ3) is 2.64. The molecule has 1 aliphatic heterocycles. The van der Waals surface area contributed by atoms with Gasteiger partial charge in [-0.15, -0.1) is 0 Å². The van der Waals surface area contributed by atoms with Gasteiger partial charge < -0.3 is 4.57 Å². The van der Waals surface area contributed by atoms with Crippen LogP contribution in [-0.2, 0) is 11.8 Å². The molecule has 1 saturated heterocycles. The van der Waals surface area contributed by atoms with Crippen LogP contribution in [0.15, 0.2) is 47.5 Å². The molecule has 1 aromatic heterocycles. The lowest BCUT2D eigenvalue weighted by Crippen LogP contribution is -2.27. The van der Waals surface area contributed by atoms with Crippen molar-refractivity contribution in [3.05, 3.63) is 59.0 Å². The molecular formula is C15H11FN2OS2. The van der Waals surface area contributed by atoms with Gasteiger partial charge in [0.15, 0.2) is 4.32 Å². The summed E-state index contributed by atoms with van der Waals surface area (Å²) in [5, 5.41) is 0. The molecule has 0 N–H and O–H groups in total. The molecule has 106 valence electrons. The maximum Gasteiger partial charge on any atom is 0.270 e. The summed E-state index contributed by atoms with van der Waals surface area (Å²) in [7, 11) is 1.91. The summed E-state index contributed by atoms with van der Waals surface area (Å²) in [6.45, 7) is 0. The summed E-state index contributed by atoms with van der Waals surface area (Å²) >= 11 is 6.51. The number of aromatic nitrogens is 1. The normalized spacial score (nSPS) is 17.0. The van der Waals surface area contributed by atoms with Crippen molar-refractivity contribution in [2.75, 3.05) is 4.90 Å². The highest BCUT2D eigenvalue weighted by atomic mass is 32.2. The van der Waals surface area contributed by atoms with E-state index in [4.69, 9.17) is 12.2 Å². The van der Waals surface area contributed by atoms with E-state index in [2.05, 4.69) is 0 Å². The van der Waals surface area contributed by atoms with Crippen LogP contribution in [0.3, 0.4) is 0 Å². The van der Waals surface area contributed by atoms with E-state index in [1.165, 1.54) is 28.8 Å². The van der Waals surface area contributed by atoms with Crippen LogP contribution in [0.1, 0.15) is 5.69 Å². The van der Waals surface area contributed by atoms with Crippen molar-refractivity contribution in [2.24, 2.45) is 7.05 Å². The highest BCUT2D eigenvalue weighted by Crippen LogP contribution is 2.35. The summed E-state index contributed by atoms with van der Waals surface area (Å²) in [5.74, 6) is -0.527. The third-order valence-electron chi connectivity index (χ3n) is 3.14. The number of amides is 1. The van der Waals surface area contributed by atoms with Crippen molar-refractivity contribution < 1.29 is 9.18 Å². The van der Waals surface area contributed by atoms with Crippen molar-refractivity contribution in [2.45, 2.75) is 0 Å². The maximum absolute atomic E-state index is 13.0. The number of carbonyl (C=O) groups excluding carboxylic acids is 1. The van der Waals surface area contributed by atoms with Crippen LogP contribution in [0.25, 0.3) is 6.08 Å². The molecule has 0 saturated carbocycles. The van der Waals surface area contributed by atoms with Crippen LogP contribution in [0.4, 0.5) is 10.1 Å². The minimum atomic E-state index is -0.344. The number of halogens is 1. The Morgan fingerprint density at radius 3 is 2.57 bits per heavy atom. The van der Waals surface area contributed by atoms with Crippen molar-refractivity contribution in [3.8, 4) is 0 Å². The van der Waals surface area contributed by atoms with Gasteiger partial charge in [0.2, 0.25) is 0 Å². The first-order chi connectivity index (χ1) is 10.1. The number of hydrogen-bond donors (Lipinski definition) is 0. The molecule has 0 radical (unpaired) electrons. The highest BCUT2D eigenvalue weighted by molar-refractivity contribution is 8.27. The lowest BCUT2D eigenvalue weighted by atomic mass is 10.2. The topological polar surface area (TPSA) is 25.2 Å². The Bertz CT molecular complexity index is 749. The summed E-state index contributed by atoms with van der Waals surface area (Å²) in [4.78, 5) is 14.5. The van der Waals surface area contributed by atoms with Crippen molar-refractivity contribution in [1.29, 1.82) is 0 Å². The number of thiocarbonyl (C=S) groups is 1. The molecule has 1 fully saturated rings. The van der Waals surface area contributed by atoms with Crippen molar-refractivity contribution in [1.82, 2.24) is 4.57 Å². The highest BCUT2D eigenvalue weighted by Gasteiger charge is 2.33. The maximum atomic E-state index is 13.0. The molecule has 0 unspecified atom stereocenters. The first kappa shape index (κ1) is 14.0. The van der Waals surface area contributed by atoms with E-state index in [1.807, 2.05) is 36.0 Å². The van der Waals surface area contributed by atoms with E-state index in [0.717, 1.165) is 5.69 Å². The summed E-state index contributed by atoms with van der Waals surface area (Å²) in [5.41, 5.74) is 1.50. The fourth-order valence-corrected chi connectivity index (χ4v) is 3.32. The summed E-state index contributed by atoms with van der Waals surface area (Å²) in [6.07, 6.45) is 3.72. The molecule has 1 aliphatic rings. The Hall–Kier alpha value is -1.92. The molecule has 1 aromatic carbocycles. The number of hydrogen-bond acceptors (Lipinski definition) is 3. The molecule has 21 heavy (non-hydrogen) atoms. The Kier molecular flexibility index (Phi) is 3.65. The number of aryl methyl sites for hydroxylation is 1. The Labute approximate surface area is 131 Å². The van der Waals surface area contributed by atoms with Crippen molar-refractivity contribution in [3.63, 3.8) is 0 Å². The molecule has 0 bridgehead atoms. The predicted octanol–water partition coefficient (Wildman–Crippen LogP) is 3.57. The fourth-order valence-electron chi connectivity index (χ4n) is 2.04. The number of anilines is 1. The first-order valence-corrected chi connectivity index (χ1v) is 7.43. The van der Waals surface area contributed by atoms with E-state index in [9.17, 15) is 9.18 Å². The van der Waals surface area contributed by atoms with E-state index >= 15 is 0 Å². The minimum absolute atomic E-state index is 0.183. The molecular weight excluding hydrogens is 307 g/mol. The number of carbonyl (C=O) groups is 1. The number of rotatable bonds is 2. The smallest absolute Gasteiger partial charge is 0.270 e.